The van der Waals surface area contributed by atoms with Gasteiger partial charge >= 0.3 is 29.6 Å². The topological polar surface area (TPSA) is 33.1 Å². The number of rotatable bonds is 3. The number of aryl methyl sites for hydroxylation is 1. The van der Waals surface area contributed by atoms with Crippen LogP contribution in [0.5, 0.6) is 5.75 Å². The summed E-state index contributed by atoms with van der Waals surface area (Å²) in [6, 6.07) is 0. The third kappa shape index (κ3) is 4.31. The van der Waals surface area contributed by atoms with E-state index in [1.54, 1.807) is 19.2 Å². The van der Waals surface area contributed by atoms with Gasteiger partial charge in [-0.15, -0.1) is 11.8 Å². The first-order valence-corrected chi connectivity index (χ1v) is 6.00. The van der Waals surface area contributed by atoms with E-state index < -0.39 is 0 Å². The average molecular weight is 279 g/mol. The molecule has 80 valence electrons. The Labute approximate surface area is 133 Å². The summed E-state index contributed by atoms with van der Waals surface area (Å²) in [6.45, 7) is 5.42. The van der Waals surface area contributed by atoms with Crippen molar-refractivity contribution in [2.45, 2.75) is 12.7 Å². The first-order valence-electron chi connectivity index (χ1n) is 4.20. The van der Waals surface area contributed by atoms with E-state index in [-0.39, 0.29) is 35.3 Å². The number of hydrogen-bond acceptors (Lipinski definition) is 5. The fourth-order valence-corrected chi connectivity index (χ4v) is 2.04. The molecule has 1 N–H and O–H groups in total. The Morgan fingerprint density at radius 2 is 2.38 bits per heavy atom. The molecule has 0 aliphatic heterocycles. The van der Waals surface area contributed by atoms with Crippen molar-refractivity contribution in [3.8, 4) is 5.75 Å². The summed E-state index contributed by atoms with van der Waals surface area (Å²) < 4.78 is 0.443. The van der Waals surface area contributed by atoms with Crippen LogP contribution in [0.1, 0.15) is 16.8 Å². The van der Waals surface area contributed by atoms with Gasteiger partial charge in [0.05, 0.1) is 5.69 Å². The zero-order valence-electron chi connectivity index (χ0n) is 9.19. The predicted molar refractivity (Wildman–Crippen MR) is 72.0 cm³/mol. The van der Waals surface area contributed by atoms with Crippen LogP contribution in [-0.2, 0) is 18.4 Å². The summed E-state index contributed by atoms with van der Waals surface area (Å²) in [7, 11) is 0. The van der Waals surface area contributed by atoms with Crippen molar-refractivity contribution in [2.75, 3.05) is 0 Å². The third-order valence-corrected chi connectivity index (χ3v) is 3.30. The molecule has 0 bridgehead atoms. The van der Waals surface area contributed by atoms with Crippen LogP contribution < -0.4 is 29.6 Å². The van der Waals surface area contributed by atoms with Crippen molar-refractivity contribution in [1.29, 1.82) is 0 Å². The van der Waals surface area contributed by atoms with Gasteiger partial charge in [-0.05, 0) is 12.5 Å². The molecule has 1 aromatic heterocycles. The van der Waals surface area contributed by atoms with Gasteiger partial charge in [0.2, 0.25) is 0 Å². The Morgan fingerprint density at radius 1 is 1.75 bits per heavy atom. The molecular formula is C10H10NNaOS3. The van der Waals surface area contributed by atoms with Crippen molar-refractivity contribution >= 4 is 46.2 Å². The fourth-order valence-electron chi connectivity index (χ4n) is 1.12. The van der Waals surface area contributed by atoms with Crippen LogP contribution in [-0.4, -0.2) is 13.6 Å². The van der Waals surface area contributed by atoms with Crippen LogP contribution in [0.3, 0.4) is 0 Å². The second-order valence-corrected chi connectivity index (χ2v) is 5.45. The van der Waals surface area contributed by atoms with Crippen LogP contribution in [0.25, 0.3) is 6.08 Å². The van der Waals surface area contributed by atoms with Gasteiger partial charge < -0.3 is 30.0 Å². The quantitative estimate of drug-likeness (QED) is 0.471. The van der Waals surface area contributed by atoms with Crippen LogP contribution in [0.4, 0.5) is 0 Å². The van der Waals surface area contributed by atoms with Gasteiger partial charge in [0, 0.05) is 17.5 Å². The minimum atomic E-state index is 0. The van der Waals surface area contributed by atoms with E-state index in [4.69, 9.17) is 24.8 Å². The van der Waals surface area contributed by atoms with Crippen molar-refractivity contribution in [2.24, 2.45) is 0 Å². The standard InChI is InChI=1S/C10H11NOS3.Na/c1-3-7-4-11-6(2)9(12)8(7)5-15-10(13)14;/h3-4,12H,1,5H2,2H3,(H,13,14);/q;+1/p-1. The Balaban J connectivity index is 0.00000225. The number of aromatic nitrogens is 1. The maximum absolute atomic E-state index is 9.82. The zero-order valence-corrected chi connectivity index (χ0v) is 13.6. The molecule has 0 amide bonds. The maximum atomic E-state index is 9.82. The minimum absolute atomic E-state index is 0. The average Bonchev–Trinajstić information content (AvgIpc) is 2.20. The summed E-state index contributed by atoms with van der Waals surface area (Å²) in [5.41, 5.74) is 2.21. The molecule has 0 spiro atoms. The molecule has 0 aliphatic carbocycles. The van der Waals surface area contributed by atoms with Gasteiger partial charge in [-0.1, -0.05) is 16.2 Å². The van der Waals surface area contributed by atoms with Gasteiger partial charge in [0.15, 0.2) is 0 Å². The number of aromatic hydroxyl groups is 1. The molecule has 0 atom stereocenters. The Kier molecular flexibility index (Phi) is 7.80. The summed E-state index contributed by atoms with van der Waals surface area (Å²) >= 11 is 11.0. The van der Waals surface area contributed by atoms with E-state index in [1.165, 1.54) is 11.8 Å². The van der Waals surface area contributed by atoms with Crippen molar-refractivity contribution < 1.29 is 34.7 Å². The molecule has 0 saturated carbocycles. The summed E-state index contributed by atoms with van der Waals surface area (Å²) in [5, 5.41) is 9.82. The molecule has 0 aromatic carbocycles. The molecular weight excluding hydrogens is 269 g/mol. The third-order valence-electron chi connectivity index (χ3n) is 1.93. The van der Waals surface area contributed by atoms with Crippen LogP contribution in [0, 0.1) is 6.92 Å². The van der Waals surface area contributed by atoms with Crippen LogP contribution in [0.15, 0.2) is 12.8 Å². The molecule has 2 nitrogen and oxygen atoms in total. The Bertz CT molecular complexity index is 409. The van der Waals surface area contributed by atoms with Crippen LogP contribution in [0.2, 0.25) is 0 Å². The Morgan fingerprint density at radius 3 is 2.88 bits per heavy atom. The normalized spacial score (nSPS) is 9.31. The Hall–Kier alpha value is 0.350. The number of thiocarbonyl (C=S) groups is 1. The largest absolute Gasteiger partial charge is 1.00 e. The molecule has 1 heterocycles. The second-order valence-electron chi connectivity index (χ2n) is 2.87. The van der Waals surface area contributed by atoms with E-state index in [9.17, 15) is 5.11 Å². The molecule has 1 rings (SSSR count). The van der Waals surface area contributed by atoms with E-state index in [0.29, 0.717) is 15.0 Å². The minimum Gasteiger partial charge on any atom is -0.506 e. The molecule has 16 heavy (non-hydrogen) atoms. The molecule has 0 radical (unpaired) electrons. The van der Waals surface area contributed by atoms with Gasteiger partial charge in [-0.3, -0.25) is 4.98 Å². The summed E-state index contributed by atoms with van der Waals surface area (Å²) in [4.78, 5) is 4.05. The molecule has 0 saturated heterocycles. The second kappa shape index (κ2) is 7.63. The van der Waals surface area contributed by atoms with Gasteiger partial charge in [0.25, 0.3) is 0 Å². The van der Waals surface area contributed by atoms with Gasteiger partial charge in [-0.25, -0.2) is 0 Å². The number of nitrogens with zero attached hydrogens (tertiary/aromatic N) is 1. The smallest absolute Gasteiger partial charge is 0.506 e. The number of hydrogen-bond donors (Lipinski definition) is 1. The molecule has 0 fully saturated rings. The van der Waals surface area contributed by atoms with E-state index in [0.717, 1.165) is 11.1 Å². The van der Waals surface area contributed by atoms with Gasteiger partial charge in [0.1, 0.15) is 5.75 Å². The first-order chi connectivity index (χ1) is 7.06. The molecule has 6 heteroatoms. The first kappa shape index (κ1) is 16.4. The van der Waals surface area contributed by atoms with Crippen LogP contribution >= 0.6 is 24.0 Å². The maximum Gasteiger partial charge on any atom is 1.00 e. The molecule has 0 unspecified atom stereocenters. The van der Waals surface area contributed by atoms with E-state index in [2.05, 4.69) is 11.6 Å². The van der Waals surface area contributed by atoms with Crippen molar-refractivity contribution in [1.82, 2.24) is 4.98 Å². The SMILES string of the molecule is C=Cc1cnc(C)c(O)c1CSC(=S)[S-].[Na+]. The fraction of sp³-hybridized carbons (Fsp3) is 0.200. The van der Waals surface area contributed by atoms with Crippen molar-refractivity contribution in [3.63, 3.8) is 0 Å². The summed E-state index contributed by atoms with van der Waals surface area (Å²) in [6.07, 6.45) is 3.35. The number of pyridine rings is 1. The summed E-state index contributed by atoms with van der Waals surface area (Å²) in [5.74, 6) is 0.755. The van der Waals surface area contributed by atoms with E-state index in [1.807, 2.05) is 0 Å². The molecule has 1 aromatic rings. The van der Waals surface area contributed by atoms with Crippen molar-refractivity contribution in [3.05, 3.63) is 29.6 Å². The zero-order chi connectivity index (χ0) is 11.4. The molecule has 0 aliphatic rings. The monoisotopic (exact) mass is 279 g/mol. The van der Waals surface area contributed by atoms with Gasteiger partial charge in [-0.2, -0.15) is 0 Å². The van der Waals surface area contributed by atoms with E-state index >= 15 is 0 Å². The predicted octanol–water partition coefficient (Wildman–Crippen LogP) is -0.192. The number of thioether (sulfide) groups is 1.